The molecular weight excluding hydrogens is 456 g/mol. The highest BCUT2D eigenvalue weighted by atomic mass is 14.4. The van der Waals surface area contributed by atoms with E-state index in [1.807, 2.05) is 0 Å². The Morgan fingerprint density at radius 2 is 0.947 bits per heavy atom. The summed E-state index contributed by atoms with van der Waals surface area (Å²) in [5.74, 6) is 0. The Bertz CT molecular complexity index is 852. The van der Waals surface area contributed by atoms with Gasteiger partial charge in [-0.1, -0.05) is 177 Å². The lowest BCUT2D eigenvalue weighted by atomic mass is 9.67. The Balaban J connectivity index is 1.54. The van der Waals surface area contributed by atoms with E-state index in [2.05, 4.69) is 74.5 Å². The Kier molecular flexibility index (Phi) is 14.9. The van der Waals surface area contributed by atoms with Crippen LogP contribution in [0.15, 0.2) is 60.7 Å². The average Bonchev–Trinajstić information content (AvgIpc) is 2.97. The molecule has 0 saturated heterocycles. The zero-order chi connectivity index (χ0) is 26.7. The van der Waals surface area contributed by atoms with Gasteiger partial charge in [0.25, 0.3) is 0 Å². The van der Waals surface area contributed by atoms with Gasteiger partial charge in [0.1, 0.15) is 0 Å². The molecule has 1 aliphatic rings. The molecule has 1 aliphatic carbocycles. The molecule has 0 heterocycles. The van der Waals surface area contributed by atoms with Crippen LogP contribution < -0.4 is 0 Å². The Hall–Kier alpha value is -1.82. The normalized spacial score (nSPS) is 14.9. The van der Waals surface area contributed by atoms with E-state index in [1.54, 1.807) is 5.57 Å². The molecule has 0 aromatic heterocycles. The number of allylic oxidation sites excluding steroid dienone is 2. The number of rotatable bonds is 20. The molecule has 0 atom stereocenters. The predicted molar refractivity (Wildman–Crippen MR) is 171 cm³/mol. The average molecular weight is 515 g/mol. The highest BCUT2D eigenvalue weighted by molar-refractivity contribution is 5.71. The molecule has 0 saturated carbocycles. The van der Waals surface area contributed by atoms with Crippen LogP contribution in [-0.2, 0) is 0 Å². The number of unbranched alkanes of at least 4 members (excludes halogenated alkanes) is 14. The van der Waals surface area contributed by atoms with Crippen LogP contribution >= 0.6 is 0 Å². The van der Waals surface area contributed by atoms with Crippen molar-refractivity contribution in [3.8, 4) is 11.1 Å². The van der Waals surface area contributed by atoms with Gasteiger partial charge in [0, 0.05) is 0 Å². The van der Waals surface area contributed by atoms with Crippen molar-refractivity contribution in [2.24, 2.45) is 5.41 Å². The first-order valence-corrected chi connectivity index (χ1v) is 16.6. The Labute approximate surface area is 236 Å². The Morgan fingerprint density at radius 3 is 1.47 bits per heavy atom. The van der Waals surface area contributed by atoms with E-state index < -0.39 is 0 Å². The van der Waals surface area contributed by atoms with E-state index in [9.17, 15) is 0 Å². The molecule has 0 bridgehead atoms. The topological polar surface area (TPSA) is 0 Å². The van der Waals surface area contributed by atoms with Crippen molar-refractivity contribution in [2.45, 2.75) is 149 Å². The van der Waals surface area contributed by atoms with E-state index in [1.165, 1.54) is 152 Å². The molecule has 0 fully saturated rings. The third-order valence-corrected chi connectivity index (χ3v) is 9.11. The molecule has 0 spiro atoms. The van der Waals surface area contributed by atoms with Crippen molar-refractivity contribution in [3.63, 3.8) is 0 Å². The summed E-state index contributed by atoms with van der Waals surface area (Å²) < 4.78 is 0. The van der Waals surface area contributed by atoms with Crippen LogP contribution in [0.4, 0.5) is 0 Å². The second kappa shape index (κ2) is 18.5. The van der Waals surface area contributed by atoms with Crippen LogP contribution in [0.5, 0.6) is 0 Å². The molecule has 38 heavy (non-hydrogen) atoms. The van der Waals surface area contributed by atoms with E-state index in [-0.39, 0.29) is 0 Å². The fourth-order valence-corrected chi connectivity index (χ4v) is 6.66. The molecule has 2 aromatic rings. The molecule has 0 aliphatic heterocycles. The third-order valence-electron chi connectivity index (χ3n) is 9.11. The fraction of sp³-hybridized carbons (Fsp3) is 0.632. The summed E-state index contributed by atoms with van der Waals surface area (Å²) in [7, 11) is 0. The number of benzene rings is 2. The van der Waals surface area contributed by atoms with Gasteiger partial charge in [-0.15, -0.1) is 0 Å². The van der Waals surface area contributed by atoms with Gasteiger partial charge < -0.3 is 0 Å². The Morgan fingerprint density at radius 1 is 0.500 bits per heavy atom. The standard InChI is InChI=1S/C38H58/c1-3-5-7-9-11-13-15-20-30-38(31-21-16-14-12-10-8-6-4-2)32-22-25-37(33-38)36-28-26-35(27-29-36)34-23-18-17-19-24-34/h17-19,23-29H,3-16,20-22,30-33H2,1-2H3. The number of hydrogen-bond donors (Lipinski definition) is 0. The highest BCUT2D eigenvalue weighted by Gasteiger charge is 2.32. The van der Waals surface area contributed by atoms with Gasteiger partial charge in [-0.05, 0) is 59.8 Å². The van der Waals surface area contributed by atoms with Crippen molar-refractivity contribution in [1.82, 2.24) is 0 Å². The molecule has 0 N–H and O–H groups in total. The molecule has 3 rings (SSSR count). The molecule has 2 aromatic carbocycles. The quantitative estimate of drug-likeness (QED) is 0.154. The van der Waals surface area contributed by atoms with E-state index in [4.69, 9.17) is 0 Å². The highest BCUT2D eigenvalue weighted by Crippen LogP contribution is 2.47. The minimum Gasteiger partial charge on any atom is -0.0807 e. The summed E-state index contributed by atoms with van der Waals surface area (Å²) in [6, 6.07) is 20.2. The first-order chi connectivity index (χ1) is 18.8. The van der Waals surface area contributed by atoms with Gasteiger partial charge in [-0.2, -0.15) is 0 Å². The third kappa shape index (κ3) is 11.1. The van der Waals surface area contributed by atoms with Crippen molar-refractivity contribution < 1.29 is 0 Å². The van der Waals surface area contributed by atoms with E-state index in [0.29, 0.717) is 5.41 Å². The summed E-state index contributed by atoms with van der Waals surface area (Å²) in [6.07, 6.45) is 32.3. The first-order valence-electron chi connectivity index (χ1n) is 16.6. The smallest absolute Gasteiger partial charge is 0.0184 e. The maximum Gasteiger partial charge on any atom is -0.0184 e. The van der Waals surface area contributed by atoms with Gasteiger partial charge in [0.2, 0.25) is 0 Å². The van der Waals surface area contributed by atoms with Crippen LogP contribution in [0.3, 0.4) is 0 Å². The zero-order valence-corrected chi connectivity index (χ0v) is 25.1. The minimum atomic E-state index is 0.534. The van der Waals surface area contributed by atoms with Gasteiger partial charge in [-0.3, -0.25) is 0 Å². The van der Waals surface area contributed by atoms with Crippen LogP contribution in [0.1, 0.15) is 154 Å². The molecular formula is C38H58. The summed E-state index contributed by atoms with van der Waals surface area (Å²) in [4.78, 5) is 0. The lowest BCUT2D eigenvalue weighted by molar-refractivity contribution is 0.203. The summed E-state index contributed by atoms with van der Waals surface area (Å²) in [5, 5.41) is 0. The summed E-state index contributed by atoms with van der Waals surface area (Å²) in [5.41, 5.74) is 6.26. The molecule has 0 nitrogen and oxygen atoms in total. The molecule has 0 heteroatoms. The van der Waals surface area contributed by atoms with Crippen LogP contribution in [0.2, 0.25) is 0 Å². The minimum absolute atomic E-state index is 0.534. The maximum atomic E-state index is 2.57. The SMILES string of the molecule is CCCCCCCCCCC1(CCCCCCCCCC)CCC=C(c2ccc(-c3ccccc3)cc2)C1. The van der Waals surface area contributed by atoms with Gasteiger partial charge >= 0.3 is 0 Å². The van der Waals surface area contributed by atoms with E-state index >= 15 is 0 Å². The summed E-state index contributed by atoms with van der Waals surface area (Å²) in [6.45, 7) is 4.63. The lowest BCUT2D eigenvalue weighted by Gasteiger charge is -2.38. The monoisotopic (exact) mass is 514 g/mol. The van der Waals surface area contributed by atoms with Crippen molar-refractivity contribution >= 4 is 5.57 Å². The largest absolute Gasteiger partial charge is 0.0807 e. The number of hydrogen-bond acceptors (Lipinski definition) is 0. The van der Waals surface area contributed by atoms with Gasteiger partial charge in [-0.25, -0.2) is 0 Å². The predicted octanol–water partition coefficient (Wildman–Crippen LogP) is 13.0. The maximum absolute atomic E-state index is 2.57. The lowest BCUT2D eigenvalue weighted by Crippen LogP contribution is -2.24. The molecule has 0 radical (unpaired) electrons. The fourth-order valence-electron chi connectivity index (χ4n) is 6.66. The van der Waals surface area contributed by atoms with Gasteiger partial charge in [0.05, 0.1) is 0 Å². The van der Waals surface area contributed by atoms with Gasteiger partial charge in [0.15, 0.2) is 0 Å². The van der Waals surface area contributed by atoms with Crippen molar-refractivity contribution in [2.75, 3.05) is 0 Å². The van der Waals surface area contributed by atoms with Crippen LogP contribution in [0, 0.1) is 5.41 Å². The molecule has 210 valence electrons. The zero-order valence-electron chi connectivity index (χ0n) is 25.1. The van der Waals surface area contributed by atoms with Crippen LogP contribution in [-0.4, -0.2) is 0 Å². The van der Waals surface area contributed by atoms with Crippen LogP contribution in [0.25, 0.3) is 16.7 Å². The van der Waals surface area contributed by atoms with Crippen molar-refractivity contribution in [1.29, 1.82) is 0 Å². The second-order valence-electron chi connectivity index (χ2n) is 12.3. The van der Waals surface area contributed by atoms with Crippen molar-refractivity contribution in [3.05, 3.63) is 66.2 Å². The molecule has 0 unspecified atom stereocenters. The first kappa shape index (κ1) is 30.7. The molecule has 0 amide bonds. The summed E-state index contributed by atoms with van der Waals surface area (Å²) >= 11 is 0. The second-order valence-corrected chi connectivity index (χ2v) is 12.3. The van der Waals surface area contributed by atoms with E-state index in [0.717, 1.165) is 0 Å².